The summed E-state index contributed by atoms with van der Waals surface area (Å²) in [5, 5.41) is 4.23. The van der Waals surface area contributed by atoms with Crippen molar-refractivity contribution in [1.82, 2.24) is 9.88 Å². The van der Waals surface area contributed by atoms with Crippen molar-refractivity contribution in [2.75, 3.05) is 38.8 Å². The zero-order valence-electron chi connectivity index (χ0n) is 19.3. The summed E-state index contributed by atoms with van der Waals surface area (Å²) in [4.78, 5) is 19.0. The largest absolute Gasteiger partial charge is 0.496 e. The second-order valence-corrected chi connectivity index (χ2v) is 7.03. The van der Waals surface area contributed by atoms with Gasteiger partial charge in [0.05, 0.1) is 26.5 Å². The van der Waals surface area contributed by atoms with E-state index in [1.54, 1.807) is 19.5 Å². The summed E-state index contributed by atoms with van der Waals surface area (Å²) >= 11 is 0. The zero-order valence-corrected chi connectivity index (χ0v) is 19.3. The lowest BCUT2D eigenvalue weighted by molar-refractivity contribution is 0.0303. The Hall–Kier alpha value is -3.71. The van der Waals surface area contributed by atoms with Gasteiger partial charge in [0.2, 0.25) is 0 Å². The van der Waals surface area contributed by atoms with Crippen molar-refractivity contribution in [2.45, 2.75) is 13.8 Å². The van der Waals surface area contributed by atoms with Gasteiger partial charge in [-0.05, 0) is 42.0 Å². The van der Waals surface area contributed by atoms with Crippen LogP contribution in [0.5, 0.6) is 5.75 Å². The third-order valence-electron chi connectivity index (χ3n) is 5.03. The van der Waals surface area contributed by atoms with Crippen LogP contribution < -0.4 is 10.2 Å². The van der Waals surface area contributed by atoms with E-state index in [2.05, 4.69) is 15.5 Å². The molecule has 1 saturated heterocycles. The SMILES string of the molecule is CC.COc1ccccc1/C=N/Nc1ccc(-c2cccc(C(=O)N3CCOCC3)c2)cn1. The van der Waals surface area contributed by atoms with E-state index in [9.17, 15) is 4.79 Å². The van der Waals surface area contributed by atoms with Gasteiger partial charge in [0.25, 0.3) is 5.91 Å². The number of nitrogens with one attached hydrogen (secondary N) is 1. The number of carbonyl (C=O) groups excluding carboxylic acids is 1. The van der Waals surface area contributed by atoms with Crippen molar-refractivity contribution in [3.8, 4) is 16.9 Å². The van der Waals surface area contributed by atoms with Crippen LogP contribution in [0.2, 0.25) is 0 Å². The third kappa shape index (κ3) is 6.40. The van der Waals surface area contributed by atoms with Crippen LogP contribution in [-0.2, 0) is 4.74 Å². The average Bonchev–Trinajstić information content (AvgIpc) is 2.90. The van der Waals surface area contributed by atoms with Crippen molar-refractivity contribution in [3.05, 3.63) is 78.0 Å². The first-order valence-electron chi connectivity index (χ1n) is 11.1. The molecule has 0 atom stereocenters. The number of anilines is 1. The van der Waals surface area contributed by atoms with Crippen LogP contribution in [-0.4, -0.2) is 55.4 Å². The molecule has 1 aromatic heterocycles. The van der Waals surface area contributed by atoms with E-state index in [1.807, 2.05) is 79.4 Å². The van der Waals surface area contributed by atoms with E-state index < -0.39 is 0 Å². The molecule has 7 heteroatoms. The molecule has 0 aliphatic carbocycles. The van der Waals surface area contributed by atoms with E-state index >= 15 is 0 Å². The molecule has 3 aromatic rings. The normalized spacial score (nSPS) is 13.2. The summed E-state index contributed by atoms with van der Waals surface area (Å²) in [6.07, 6.45) is 3.45. The average molecular weight is 447 g/mol. The first-order chi connectivity index (χ1) is 16.2. The molecule has 0 bridgehead atoms. The molecule has 2 heterocycles. The number of ether oxygens (including phenoxy) is 2. The Labute approximate surface area is 195 Å². The highest BCUT2D eigenvalue weighted by Crippen LogP contribution is 2.22. The number of hydrogen-bond donors (Lipinski definition) is 1. The summed E-state index contributed by atoms with van der Waals surface area (Å²) < 4.78 is 10.6. The smallest absolute Gasteiger partial charge is 0.254 e. The molecule has 0 spiro atoms. The van der Waals surface area contributed by atoms with Crippen molar-refractivity contribution < 1.29 is 14.3 Å². The highest BCUT2D eigenvalue weighted by Gasteiger charge is 2.18. The van der Waals surface area contributed by atoms with Gasteiger partial charge in [-0.15, -0.1) is 0 Å². The predicted octanol–water partition coefficient (Wildman–Crippen LogP) is 4.70. The molecule has 172 valence electrons. The van der Waals surface area contributed by atoms with Crippen molar-refractivity contribution in [1.29, 1.82) is 0 Å². The highest BCUT2D eigenvalue weighted by atomic mass is 16.5. The lowest BCUT2D eigenvalue weighted by atomic mass is 10.0. The van der Waals surface area contributed by atoms with Gasteiger partial charge in [-0.2, -0.15) is 5.10 Å². The molecule has 0 radical (unpaired) electrons. The number of carbonyl (C=O) groups is 1. The van der Waals surface area contributed by atoms with Crippen LogP contribution in [0.15, 0.2) is 72.0 Å². The molecular formula is C26H30N4O3. The Balaban J connectivity index is 0.00000149. The Morgan fingerprint density at radius 1 is 1.06 bits per heavy atom. The fraction of sp³-hybridized carbons (Fsp3) is 0.269. The summed E-state index contributed by atoms with van der Waals surface area (Å²) in [6, 6.07) is 19.1. The number of hydrogen-bond acceptors (Lipinski definition) is 6. The lowest BCUT2D eigenvalue weighted by Crippen LogP contribution is -2.40. The molecule has 2 aromatic carbocycles. The van der Waals surface area contributed by atoms with Gasteiger partial charge in [0, 0.05) is 36.0 Å². The minimum absolute atomic E-state index is 0.0297. The Kier molecular flexibility index (Phi) is 8.97. The molecule has 1 amide bonds. The van der Waals surface area contributed by atoms with E-state index in [0.717, 1.165) is 22.4 Å². The molecular weight excluding hydrogens is 416 g/mol. The number of benzene rings is 2. The number of nitrogens with zero attached hydrogens (tertiary/aromatic N) is 3. The highest BCUT2D eigenvalue weighted by molar-refractivity contribution is 5.95. The van der Waals surface area contributed by atoms with E-state index in [1.165, 1.54) is 0 Å². The Morgan fingerprint density at radius 2 is 1.85 bits per heavy atom. The molecule has 7 nitrogen and oxygen atoms in total. The Morgan fingerprint density at radius 3 is 2.58 bits per heavy atom. The van der Waals surface area contributed by atoms with Gasteiger partial charge < -0.3 is 14.4 Å². The van der Waals surface area contributed by atoms with E-state index in [-0.39, 0.29) is 5.91 Å². The van der Waals surface area contributed by atoms with Crippen LogP contribution in [0.4, 0.5) is 5.82 Å². The standard InChI is InChI=1S/C24H24N4O3.C2H6/c1-30-22-8-3-2-5-21(22)17-26-27-23-10-9-20(16-25-23)18-6-4-7-19(15-18)24(29)28-11-13-31-14-12-28;1-2/h2-10,15-17H,11-14H2,1H3,(H,25,27);1-2H3/b26-17+;. The van der Waals surface area contributed by atoms with Gasteiger partial charge in [0.1, 0.15) is 11.6 Å². The number of pyridine rings is 1. The molecule has 0 saturated carbocycles. The van der Waals surface area contributed by atoms with Crippen molar-refractivity contribution in [2.24, 2.45) is 5.10 Å². The number of methoxy groups -OCH3 is 1. The summed E-state index contributed by atoms with van der Waals surface area (Å²) in [7, 11) is 1.63. The quantitative estimate of drug-likeness (QED) is 0.439. The van der Waals surface area contributed by atoms with Crippen LogP contribution in [0.1, 0.15) is 29.8 Å². The Bertz CT molecular complexity index is 1060. The molecule has 1 fully saturated rings. The van der Waals surface area contributed by atoms with Crippen LogP contribution in [0, 0.1) is 0 Å². The van der Waals surface area contributed by atoms with E-state index in [4.69, 9.17) is 9.47 Å². The fourth-order valence-electron chi connectivity index (χ4n) is 3.35. The number of aromatic nitrogens is 1. The summed E-state index contributed by atoms with van der Waals surface area (Å²) in [5.74, 6) is 1.40. The molecule has 1 aliphatic rings. The second kappa shape index (κ2) is 12.4. The fourth-order valence-corrected chi connectivity index (χ4v) is 3.35. The van der Waals surface area contributed by atoms with Crippen LogP contribution >= 0.6 is 0 Å². The minimum Gasteiger partial charge on any atom is -0.496 e. The maximum absolute atomic E-state index is 12.7. The lowest BCUT2D eigenvalue weighted by Gasteiger charge is -2.27. The molecule has 1 N–H and O–H groups in total. The van der Waals surface area contributed by atoms with Gasteiger partial charge >= 0.3 is 0 Å². The van der Waals surface area contributed by atoms with Gasteiger partial charge in [-0.3, -0.25) is 10.2 Å². The van der Waals surface area contributed by atoms with Gasteiger partial charge in [-0.1, -0.05) is 38.1 Å². The van der Waals surface area contributed by atoms with Crippen LogP contribution in [0.3, 0.4) is 0 Å². The zero-order chi connectivity index (χ0) is 23.5. The monoisotopic (exact) mass is 446 g/mol. The van der Waals surface area contributed by atoms with Gasteiger partial charge in [0.15, 0.2) is 0 Å². The maximum Gasteiger partial charge on any atom is 0.254 e. The number of para-hydroxylation sites is 1. The van der Waals surface area contributed by atoms with Crippen molar-refractivity contribution >= 4 is 17.9 Å². The third-order valence-corrected chi connectivity index (χ3v) is 5.03. The summed E-state index contributed by atoms with van der Waals surface area (Å²) in [6.45, 7) is 6.42. The predicted molar refractivity (Wildman–Crippen MR) is 132 cm³/mol. The first-order valence-corrected chi connectivity index (χ1v) is 11.1. The number of rotatable bonds is 6. The molecule has 4 rings (SSSR count). The van der Waals surface area contributed by atoms with E-state index in [0.29, 0.717) is 37.7 Å². The van der Waals surface area contributed by atoms with Crippen LogP contribution in [0.25, 0.3) is 11.1 Å². The molecule has 1 aliphatic heterocycles. The maximum atomic E-state index is 12.7. The second-order valence-electron chi connectivity index (χ2n) is 7.03. The number of amides is 1. The van der Waals surface area contributed by atoms with Gasteiger partial charge in [-0.25, -0.2) is 4.98 Å². The minimum atomic E-state index is 0.0297. The topological polar surface area (TPSA) is 76.0 Å². The molecule has 33 heavy (non-hydrogen) atoms. The molecule has 0 unspecified atom stereocenters. The summed E-state index contributed by atoms with van der Waals surface area (Å²) in [5.41, 5.74) is 6.33. The first kappa shape index (κ1) is 23.9. The van der Waals surface area contributed by atoms with Crippen molar-refractivity contribution in [3.63, 3.8) is 0 Å². The number of hydrazone groups is 1. The number of morpholine rings is 1.